The lowest BCUT2D eigenvalue weighted by Crippen LogP contribution is -2.41. The van der Waals surface area contributed by atoms with Crippen molar-refractivity contribution in [1.82, 2.24) is 15.5 Å². The van der Waals surface area contributed by atoms with Gasteiger partial charge in [-0.1, -0.05) is 23.4 Å². The molecule has 0 aliphatic heterocycles. The number of rotatable bonds is 5. The van der Waals surface area contributed by atoms with Gasteiger partial charge >= 0.3 is 0 Å². The molecule has 0 saturated carbocycles. The molecule has 0 spiro atoms. The van der Waals surface area contributed by atoms with Gasteiger partial charge in [0.2, 0.25) is 17.6 Å². The molecule has 8 heteroatoms. The Morgan fingerprint density at radius 1 is 1.19 bits per heavy atom. The van der Waals surface area contributed by atoms with Crippen molar-refractivity contribution in [3.05, 3.63) is 52.7 Å². The molecule has 3 rings (SSSR count). The van der Waals surface area contributed by atoms with E-state index in [1.807, 2.05) is 13.0 Å². The average Bonchev–Trinajstić information content (AvgIpc) is 3.21. The first-order chi connectivity index (χ1) is 12.4. The van der Waals surface area contributed by atoms with Crippen LogP contribution in [0.25, 0.3) is 10.7 Å². The highest BCUT2D eigenvalue weighted by Crippen LogP contribution is 2.32. The summed E-state index contributed by atoms with van der Waals surface area (Å²) in [7, 11) is 0. The van der Waals surface area contributed by atoms with Gasteiger partial charge in [-0.15, -0.1) is 11.3 Å². The minimum Gasteiger partial charge on any atom is -0.341 e. The molecule has 2 heterocycles. The van der Waals surface area contributed by atoms with E-state index in [1.54, 1.807) is 44.2 Å². The number of benzene rings is 1. The minimum atomic E-state index is -0.683. The molecular formula is C18H18N4O3S. The molecule has 0 radical (unpaired) electrons. The number of nitrogens with zero attached hydrogens (tertiary/aromatic N) is 2. The van der Waals surface area contributed by atoms with Gasteiger partial charge in [0, 0.05) is 17.4 Å². The third kappa shape index (κ3) is 3.97. The molecule has 7 nitrogen and oxygen atoms in total. The summed E-state index contributed by atoms with van der Waals surface area (Å²) in [5.41, 5.74) is 1.17. The van der Waals surface area contributed by atoms with Crippen LogP contribution in [0.2, 0.25) is 0 Å². The summed E-state index contributed by atoms with van der Waals surface area (Å²) in [6, 6.07) is 9.89. The van der Waals surface area contributed by atoms with Gasteiger partial charge in [-0.2, -0.15) is 4.98 Å². The second kappa shape index (κ2) is 7.49. The maximum Gasteiger partial charge on any atom is 0.251 e. The number of carbonyl (C=O) groups excluding carboxylic acids is 2. The third-order valence-corrected chi connectivity index (χ3v) is 4.75. The molecule has 3 aromatic rings. The summed E-state index contributed by atoms with van der Waals surface area (Å²) in [6.07, 6.45) is 0. The SMILES string of the molecule is Cc1nc(-c2cc(NC(=O)C(C)NC(=O)c3ccccc3)c(C)s2)no1. The Kier molecular flexibility index (Phi) is 5.13. The number of hydrogen-bond acceptors (Lipinski definition) is 6. The Balaban J connectivity index is 1.66. The molecular weight excluding hydrogens is 352 g/mol. The molecule has 2 N–H and O–H groups in total. The largest absolute Gasteiger partial charge is 0.341 e. The smallest absolute Gasteiger partial charge is 0.251 e. The summed E-state index contributed by atoms with van der Waals surface area (Å²) in [5, 5.41) is 9.41. The van der Waals surface area contributed by atoms with E-state index in [0.717, 1.165) is 9.75 Å². The zero-order valence-electron chi connectivity index (χ0n) is 14.6. The molecule has 0 fully saturated rings. The van der Waals surface area contributed by atoms with E-state index in [2.05, 4.69) is 20.8 Å². The van der Waals surface area contributed by atoms with E-state index < -0.39 is 6.04 Å². The van der Waals surface area contributed by atoms with E-state index in [-0.39, 0.29) is 11.8 Å². The minimum absolute atomic E-state index is 0.293. The van der Waals surface area contributed by atoms with Crippen molar-refractivity contribution in [2.24, 2.45) is 0 Å². The first-order valence-electron chi connectivity index (χ1n) is 8.02. The highest BCUT2D eigenvalue weighted by molar-refractivity contribution is 7.16. The fraction of sp³-hybridized carbons (Fsp3) is 0.222. The lowest BCUT2D eigenvalue weighted by atomic mass is 10.2. The van der Waals surface area contributed by atoms with Crippen LogP contribution in [0.5, 0.6) is 0 Å². The van der Waals surface area contributed by atoms with Gasteiger partial charge in [-0.3, -0.25) is 9.59 Å². The fourth-order valence-corrected chi connectivity index (χ4v) is 3.19. The predicted molar refractivity (Wildman–Crippen MR) is 99.1 cm³/mol. The number of anilines is 1. The molecule has 0 saturated heterocycles. The van der Waals surface area contributed by atoms with E-state index >= 15 is 0 Å². The van der Waals surface area contributed by atoms with Crippen molar-refractivity contribution >= 4 is 28.8 Å². The van der Waals surface area contributed by atoms with Crippen molar-refractivity contribution < 1.29 is 14.1 Å². The molecule has 0 bridgehead atoms. The second-order valence-corrected chi connectivity index (χ2v) is 7.02. The monoisotopic (exact) mass is 370 g/mol. The quantitative estimate of drug-likeness (QED) is 0.719. The molecule has 2 amide bonds. The van der Waals surface area contributed by atoms with Gasteiger partial charge in [0.25, 0.3) is 5.91 Å². The van der Waals surface area contributed by atoms with Crippen LogP contribution in [-0.2, 0) is 4.79 Å². The van der Waals surface area contributed by atoms with Crippen LogP contribution >= 0.6 is 11.3 Å². The standard InChI is InChI=1S/C18H18N4O3S/c1-10(19-18(24)13-7-5-4-6-8-13)17(23)21-14-9-15(26-11(14)2)16-20-12(3)25-22-16/h4-10H,1-3H3,(H,19,24)(H,21,23). The molecule has 0 aliphatic rings. The molecule has 2 aromatic heterocycles. The van der Waals surface area contributed by atoms with Crippen molar-refractivity contribution in [3.8, 4) is 10.7 Å². The zero-order valence-corrected chi connectivity index (χ0v) is 15.4. The van der Waals surface area contributed by atoms with Gasteiger partial charge in [0.15, 0.2) is 0 Å². The van der Waals surface area contributed by atoms with Crippen LogP contribution in [0.4, 0.5) is 5.69 Å². The lowest BCUT2D eigenvalue weighted by Gasteiger charge is -2.14. The number of amides is 2. The Morgan fingerprint density at radius 3 is 2.58 bits per heavy atom. The average molecular weight is 370 g/mol. The summed E-state index contributed by atoms with van der Waals surface area (Å²) in [6.45, 7) is 5.25. The number of hydrogen-bond donors (Lipinski definition) is 2. The van der Waals surface area contributed by atoms with Gasteiger partial charge < -0.3 is 15.2 Å². The molecule has 1 unspecified atom stereocenters. The molecule has 0 aliphatic carbocycles. The fourth-order valence-electron chi connectivity index (χ4n) is 2.29. The molecule has 134 valence electrons. The molecule has 1 aromatic carbocycles. The number of aromatic nitrogens is 2. The zero-order chi connectivity index (χ0) is 18.7. The number of thiophene rings is 1. The Morgan fingerprint density at radius 2 is 1.92 bits per heavy atom. The maximum absolute atomic E-state index is 12.4. The van der Waals surface area contributed by atoms with Crippen LogP contribution in [0.1, 0.15) is 28.0 Å². The van der Waals surface area contributed by atoms with E-state index in [4.69, 9.17) is 4.52 Å². The Bertz CT molecular complexity index is 933. The van der Waals surface area contributed by atoms with Gasteiger partial charge in [0.05, 0.1) is 10.6 Å². The topological polar surface area (TPSA) is 97.1 Å². The summed E-state index contributed by atoms with van der Waals surface area (Å²) >= 11 is 1.46. The summed E-state index contributed by atoms with van der Waals surface area (Å²) in [5.74, 6) is 0.375. The normalized spacial score (nSPS) is 11.8. The van der Waals surface area contributed by atoms with Crippen molar-refractivity contribution in [1.29, 1.82) is 0 Å². The number of nitrogens with one attached hydrogen (secondary N) is 2. The first kappa shape index (κ1) is 17.8. The lowest BCUT2D eigenvalue weighted by molar-refractivity contribution is -0.117. The van der Waals surface area contributed by atoms with Crippen LogP contribution in [0, 0.1) is 13.8 Å². The number of aryl methyl sites for hydroxylation is 2. The summed E-state index contributed by atoms with van der Waals surface area (Å²) < 4.78 is 4.98. The van der Waals surface area contributed by atoms with Crippen molar-refractivity contribution in [3.63, 3.8) is 0 Å². The van der Waals surface area contributed by atoms with Gasteiger partial charge in [0.1, 0.15) is 6.04 Å². The van der Waals surface area contributed by atoms with Crippen LogP contribution in [0.15, 0.2) is 40.9 Å². The van der Waals surface area contributed by atoms with Crippen LogP contribution in [0.3, 0.4) is 0 Å². The Labute approximate surface area is 154 Å². The Hall–Kier alpha value is -3.00. The maximum atomic E-state index is 12.4. The third-order valence-electron chi connectivity index (χ3n) is 3.70. The second-order valence-electron chi connectivity index (χ2n) is 5.77. The van der Waals surface area contributed by atoms with Crippen molar-refractivity contribution in [2.45, 2.75) is 26.8 Å². The molecule has 26 heavy (non-hydrogen) atoms. The van der Waals surface area contributed by atoms with E-state index in [9.17, 15) is 9.59 Å². The number of carbonyl (C=O) groups is 2. The van der Waals surface area contributed by atoms with Gasteiger partial charge in [-0.25, -0.2) is 0 Å². The predicted octanol–water partition coefficient (Wildman–Crippen LogP) is 3.17. The van der Waals surface area contributed by atoms with E-state index in [1.165, 1.54) is 11.3 Å². The highest BCUT2D eigenvalue weighted by atomic mass is 32.1. The van der Waals surface area contributed by atoms with Crippen LogP contribution < -0.4 is 10.6 Å². The summed E-state index contributed by atoms with van der Waals surface area (Å²) in [4.78, 5) is 30.5. The molecule has 1 atom stereocenters. The highest BCUT2D eigenvalue weighted by Gasteiger charge is 2.19. The van der Waals surface area contributed by atoms with E-state index in [0.29, 0.717) is 23.0 Å². The van der Waals surface area contributed by atoms with Gasteiger partial charge in [-0.05, 0) is 32.0 Å². The van der Waals surface area contributed by atoms with Crippen molar-refractivity contribution in [2.75, 3.05) is 5.32 Å². The first-order valence-corrected chi connectivity index (χ1v) is 8.83. The van der Waals surface area contributed by atoms with Crippen LogP contribution in [-0.4, -0.2) is 28.0 Å².